The van der Waals surface area contributed by atoms with Crippen LogP contribution in [0.15, 0.2) is 200 Å². The highest BCUT2D eigenvalue weighted by Gasteiger charge is 2.16. The minimum Gasteiger partial charge on any atom is -0.380 e. The molecule has 2 aromatic heterocycles. The molecule has 0 spiro atoms. The van der Waals surface area contributed by atoms with E-state index in [9.17, 15) is 0 Å². The van der Waals surface area contributed by atoms with Gasteiger partial charge in [-0.1, -0.05) is 133 Å². The summed E-state index contributed by atoms with van der Waals surface area (Å²) in [6, 6.07) is 69.5. The number of para-hydroxylation sites is 3. The quantitative estimate of drug-likeness (QED) is 0.143. The number of nitrogens with one attached hydrogen (secondary N) is 2. The Balaban J connectivity index is 0.989. The molecule has 56 heavy (non-hydrogen) atoms. The first kappa shape index (κ1) is 33.2. The second kappa shape index (κ2) is 14.1. The molecule has 0 bridgehead atoms. The highest BCUT2D eigenvalue weighted by molar-refractivity contribution is 6.12. The van der Waals surface area contributed by atoms with Gasteiger partial charge in [0.1, 0.15) is 0 Å². The second-order valence-electron chi connectivity index (χ2n) is 14.2. The van der Waals surface area contributed by atoms with Gasteiger partial charge in [-0.2, -0.15) is 0 Å². The molecule has 2 N–H and O–H groups in total. The average Bonchev–Trinajstić information content (AvgIpc) is 3.78. The van der Waals surface area contributed by atoms with Gasteiger partial charge in [0.2, 0.25) is 0 Å². The van der Waals surface area contributed by atoms with Crippen LogP contribution in [-0.2, 0) is 6.54 Å². The van der Waals surface area contributed by atoms with E-state index < -0.39 is 0 Å². The van der Waals surface area contributed by atoms with Crippen molar-refractivity contribution in [2.45, 2.75) is 6.54 Å². The van der Waals surface area contributed by atoms with Crippen LogP contribution >= 0.6 is 0 Å². The Morgan fingerprint density at radius 2 is 0.929 bits per heavy atom. The molecular formula is C52H38N4. The van der Waals surface area contributed by atoms with E-state index in [-0.39, 0.29) is 0 Å². The molecule has 2 heterocycles. The van der Waals surface area contributed by atoms with Crippen LogP contribution < -0.4 is 5.32 Å². The Hall–Kier alpha value is -7.43. The highest BCUT2D eigenvalue weighted by Crippen LogP contribution is 2.38. The molecule has 0 aliphatic heterocycles. The summed E-state index contributed by atoms with van der Waals surface area (Å²) in [4.78, 5) is 0. The molecule has 0 fully saturated rings. The predicted octanol–water partition coefficient (Wildman–Crippen LogP) is 13.0. The van der Waals surface area contributed by atoms with E-state index in [1.165, 1.54) is 72.1 Å². The lowest BCUT2D eigenvalue weighted by Gasteiger charge is -2.14. The van der Waals surface area contributed by atoms with Crippen molar-refractivity contribution < 1.29 is 0 Å². The summed E-state index contributed by atoms with van der Waals surface area (Å²) in [6.45, 7) is 0.623. The third-order valence-corrected chi connectivity index (χ3v) is 10.9. The lowest BCUT2D eigenvalue weighted by atomic mass is 10.0. The van der Waals surface area contributed by atoms with Crippen molar-refractivity contribution in [2.24, 2.45) is 0 Å². The SMILES string of the molecule is N=C/C=C(\NCc1cccc(-n2c3ccccc3c3cc(-c4ccc5c(c4)c4ccccc4n5-c4ccccc4)ccc32)c1)c1ccc(-c2ccccc2)cc1. The zero-order chi connectivity index (χ0) is 37.4. The first-order valence-corrected chi connectivity index (χ1v) is 19.1. The topological polar surface area (TPSA) is 45.7 Å². The summed E-state index contributed by atoms with van der Waals surface area (Å²) in [5.74, 6) is 0. The molecule has 0 radical (unpaired) electrons. The van der Waals surface area contributed by atoms with E-state index in [1.807, 2.05) is 12.1 Å². The number of hydrogen-bond donors (Lipinski definition) is 2. The first-order valence-electron chi connectivity index (χ1n) is 19.1. The molecule has 266 valence electrons. The number of nitrogens with zero attached hydrogens (tertiary/aromatic N) is 2. The fourth-order valence-corrected chi connectivity index (χ4v) is 8.25. The third-order valence-electron chi connectivity index (χ3n) is 10.9. The molecule has 0 saturated carbocycles. The van der Waals surface area contributed by atoms with Crippen molar-refractivity contribution in [1.29, 1.82) is 5.41 Å². The molecular weight excluding hydrogens is 681 g/mol. The first-order chi connectivity index (χ1) is 27.7. The number of rotatable bonds is 9. The smallest absolute Gasteiger partial charge is 0.0541 e. The molecule has 0 unspecified atom stereocenters. The summed E-state index contributed by atoms with van der Waals surface area (Å²) >= 11 is 0. The minimum absolute atomic E-state index is 0.623. The zero-order valence-corrected chi connectivity index (χ0v) is 30.7. The van der Waals surface area contributed by atoms with E-state index in [0.29, 0.717) is 6.54 Å². The summed E-state index contributed by atoms with van der Waals surface area (Å²) in [7, 11) is 0. The molecule has 4 nitrogen and oxygen atoms in total. The van der Waals surface area contributed by atoms with E-state index in [0.717, 1.165) is 28.2 Å². The van der Waals surface area contributed by atoms with Crippen LogP contribution in [0.25, 0.3) is 82.9 Å². The lowest BCUT2D eigenvalue weighted by molar-refractivity contribution is 0.888. The largest absolute Gasteiger partial charge is 0.380 e. The van der Waals surface area contributed by atoms with Crippen LogP contribution in [0.1, 0.15) is 11.1 Å². The van der Waals surface area contributed by atoms with Crippen LogP contribution in [0.5, 0.6) is 0 Å². The Kier molecular flexibility index (Phi) is 8.34. The van der Waals surface area contributed by atoms with Crippen molar-refractivity contribution in [3.8, 4) is 33.6 Å². The number of allylic oxidation sites excluding steroid dienone is 1. The standard InChI is InChI=1S/C52H38N4/c53-31-30-48(39-24-22-38(23-25-39)37-13-3-1-4-14-37)54-35-36-12-11-17-43(32-36)56-50-21-10-8-19-45(50)47-34-41(27-29-52(47)56)40-26-28-51-46(33-40)44-18-7-9-20-49(44)55(51)42-15-5-2-6-16-42/h1-34,53-54H,35H2/b48-30-,53-31?. The molecule has 8 aromatic carbocycles. The van der Waals surface area contributed by atoms with Gasteiger partial charge in [-0.25, -0.2) is 0 Å². The van der Waals surface area contributed by atoms with Crippen LogP contribution in [0.2, 0.25) is 0 Å². The second-order valence-corrected chi connectivity index (χ2v) is 14.2. The molecule has 10 aromatic rings. The Morgan fingerprint density at radius 3 is 1.55 bits per heavy atom. The van der Waals surface area contributed by atoms with Gasteiger partial charge in [-0.15, -0.1) is 0 Å². The van der Waals surface area contributed by atoms with E-state index >= 15 is 0 Å². The van der Waals surface area contributed by atoms with Gasteiger partial charge >= 0.3 is 0 Å². The van der Waals surface area contributed by atoms with Crippen molar-refractivity contribution in [1.82, 2.24) is 14.5 Å². The molecule has 0 amide bonds. The summed E-state index contributed by atoms with van der Waals surface area (Å²) in [5.41, 5.74) is 14.9. The minimum atomic E-state index is 0.623. The summed E-state index contributed by atoms with van der Waals surface area (Å²) in [5, 5.41) is 16.4. The van der Waals surface area contributed by atoms with Gasteiger partial charge in [0, 0.05) is 51.4 Å². The van der Waals surface area contributed by atoms with Crippen LogP contribution in [0.3, 0.4) is 0 Å². The Morgan fingerprint density at radius 1 is 0.429 bits per heavy atom. The maximum absolute atomic E-state index is 7.85. The highest BCUT2D eigenvalue weighted by atomic mass is 15.0. The van der Waals surface area contributed by atoms with E-state index in [1.54, 1.807) is 0 Å². The molecule has 0 saturated heterocycles. The van der Waals surface area contributed by atoms with Crippen LogP contribution in [0, 0.1) is 5.41 Å². The van der Waals surface area contributed by atoms with Crippen LogP contribution in [-0.4, -0.2) is 15.3 Å². The van der Waals surface area contributed by atoms with E-state index in [4.69, 9.17) is 5.41 Å². The third kappa shape index (κ3) is 5.85. The van der Waals surface area contributed by atoms with Crippen molar-refractivity contribution in [3.05, 3.63) is 211 Å². The number of benzene rings is 8. The maximum atomic E-state index is 7.85. The Bertz CT molecular complexity index is 3080. The normalized spacial score (nSPS) is 11.8. The zero-order valence-electron chi connectivity index (χ0n) is 30.7. The van der Waals surface area contributed by atoms with Crippen molar-refractivity contribution in [3.63, 3.8) is 0 Å². The number of aromatic nitrogens is 2. The summed E-state index contributed by atoms with van der Waals surface area (Å²) < 4.78 is 4.74. The lowest BCUT2D eigenvalue weighted by Crippen LogP contribution is -2.12. The van der Waals surface area contributed by atoms with Crippen molar-refractivity contribution in [2.75, 3.05) is 0 Å². The van der Waals surface area contributed by atoms with Gasteiger partial charge in [-0.05, 0) is 100 Å². The molecule has 0 aliphatic rings. The Labute approximate surface area is 325 Å². The molecule has 0 aliphatic carbocycles. The molecule has 10 rings (SSSR count). The van der Waals surface area contributed by atoms with Crippen molar-refractivity contribution >= 4 is 55.5 Å². The molecule has 4 heteroatoms. The van der Waals surface area contributed by atoms with Gasteiger partial charge in [0.25, 0.3) is 0 Å². The van der Waals surface area contributed by atoms with Gasteiger partial charge in [0.15, 0.2) is 0 Å². The monoisotopic (exact) mass is 718 g/mol. The van der Waals surface area contributed by atoms with Gasteiger partial charge in [-0.3, -0.25) is 0 Å². The number of hydrogen-bond acceptors (Lipinski definition) is 2. The predicted molar refractivity (Wildman–Crippen MR) is 236 cm³/mol. The fraction of sp³-hybridized carbons (Fsp3) is 0.0192. The average molecular weight is 719 g/mol. The van der Waals surface area contributed by atoms with Crippen LogP contribution in [0.4, 0.5) is 0 Å². The van der Waals surface area contributed by atoms with Gasteiger partial charge < -0.3 is 19.9 Å². The molecule has 0 atom stereocenters. The fourth-order valence-electron chi connectivity index (χ4n) is 8.25. The summed E-state index contributed by atoms with van der Waals surface area (Å²) in [6.07, 6.45) is 3.17. The van der Waals surface area contributed by atoms with E-state index in [2.05, 4.69) is 203 Å². The van der Waals surface area contributed by atoms with Gasteiger partial charge in [0.05, 0.1) is 22.1 Å². The number of fused-ring (bicyclic) bond motifs is 6. The maximum Gasteiger partial charge on any atom is 0.0541 e.